The number of nitrogens with one attached hydrogen (secondary N) is 1. The van der Waals surface area contributed by atoms with E-state index in [-0.39, 0.29) is 5.82 Å². The molecule has 1 aliphatic rings. The molecule has 2 heteroatoms. The van der Waals surface area contributed by atoms with Gasteiger partial charge >= 0.3 is 0 Å². The summed E-state index contributed by atoms with van der Waals surface area (Å²) in [4.78, 5) is 0. The van der Waals surface area contributed by atoms with Gasteiger partial charge < -0.3 is 5.32 Å². The quantitative estimate of drug-likeness (QED) is 0.843. The third-order valence-corrected chi connectivity index (χ3v) is 4.48. The molecular weight excluding hydrogens is 237 g/mol. The molecule has 1 nitrogen and oxygen atoms in total. The minimum absolute atomic E-state index is 0.0657. The van der Waals surface area contributed by atoms with Crippen LogP contribution in [-0.4, -0.2) is 6.04 Å². The molecule has 1 fully saturated rings. The van der Waals surface area contributed by atoms with Crippen molar-refractivity contribution in [2.45, 2.75) is 65.5 Å². The molecular formula is C17H26FN. The third-order valence-electron chi connectivity index (χ3n) is 4.48. The molecule has 2 rings (SSSR count). The van der Waals surface area contributed by atoms with E-state index in [9.17, 15) is 4.39 Å². The minimum atomic E-state index is -0.0657. The van der Waals surface area contributed by atoms with Crippen molar-refractivity contribution in [2.24, 2.45) is 5.92 Å². The van der Waals surface area contributed by atoms with Crippen molar-refractivity contribution in [1.82, 2.24) is 5.32 Å². The van der Waals surface area contributed by atoms with Crippen LogP contribution in [0.25, 0.3) is 0 Å². The molecule has 1 unspecified atom stereocenters. The summed E-state index contributed by atoms with van der Waals surface area (Å²) >= 11 is 0. The Morgan fingerprint density at radius 3 is 2.32 bits per heavy atom. The minimum Gasteiger partial charge on any atom is -0.310 e. The lowest BCUT2D eigenvalue weighted by molar-refractivity contribution is 0.280. The Hall–Kier alpha value is -0.890. The zero-order valence-electron chi connectivity index (χ0n) is 12.4. The van der Waals surface area contributed by atoms with Crippen LogP contribution in [0.4, 0.5) is 4.39 Å². The first-order chi connectivity index (χ1) is 9.08. The van der Waals surface area contributed by atoms with Gasteiger partial charge in [0.2, 0.25) is 0 Å². The summed E-state index contributed by atoms with van der Waals surface area (Å²) in [6, 6.07) is 4.48. The highest BCUT2D eigenvalue weighted by molar-refractivity contribution is 5.30. The summed E-state index contributed by atoms with van der Waals surface area (Å²) in [6.45, 7) is 6.83. The number of halogens is 1. The second kappa shape index (κ2) is 6.51. The van der Waals surface area contributed by atoms with Crippen LogP contribution in [0.5, 0.6) is 0 Å². The number of rotatable bonds is 4. The SMILES string of the molecule is Cc1cc(CNC(C)C2CCCCC2)cc(C)c1F. The Balaban J connectivity index is 1.91. The summed E-state index contributed by atoms with van der Waals surface area (Å²) in [5, 5.41) is 3.62. The first kappa shape index (κ1) is 14.5. The molecule has 19 heavy (non-hydrogen) atoms. The molecule has 1 aliphatic carbocycles. The van der Waals surface area contributed by atoms with Crippen LogP contribution in [0.1, 0.15) is 55.7 Å². The first-order valence-electron chi connectivity index (χ1n) is 7.57. The fourth-order valence-corrected chi connectivity index (χ4v) is 3.22. The lowest BCUT2D eigenvalue weighted by Gasteiger charge is -2.28. The summed E-state index contributed by atoms with van der Waals surface area (Å²) in [5.74, 6) is 0.750. The highest BCUT2D eigenvalue weighted by Crippen LogP contribution is 2.26. The zero-order valence-corrected chi connectivity index (χ0v) is 12.4. The van der Waals surface area contributed by atoms with Gasteiger partial charge in [-0.2, -0.15) is 0 Å². The molecule has 0 spiro atoms. The topological polar surface area (TPSA) is 12.0 Å². The van der Waals surface area contributed by atoms with Gasteiger partial charge in [-0.15, -0.1) is 0 Å². The number of aryl methyl sites for hydroxylation is 2. The second-order valence-electron chi connectivity index (χ2n) is 6.11. The highest BCUT2D eigenvalue weighted by atomic mass is 19.1. The average molecular weight is 263 g/mol. The van der Waals surface area contributed by atoms with Crippen molar-refractivity contribution in [3.8, 4) is 0 Å². The number of benzene rings is 1. The Morgan fingerprint density at radius 1 is 1.16 bits per heavy atom. The number of hydrogen-bond donors (Lipinski definition) is 1. The van der Waals surface area contributed by atoms with Gasteiger partial charge in [-0.3, -0.25) is 0 Å². The van der Waals surface area contributed by atoms with Crippen molar-refractivity contribution >= 4 is 0 Å². The molecule has 0 saturated heterocycles. The molecule has 106 valence electrons. The standard InChI is InChI=1S/C17H26FN/c1-12-9-15(10-13(2)17(12)18)11-19-14(3)16-7-5-4-6-8-16/h9-10,14,16,19H,4-8,11H2,1-3H3. The van der Waals surface area contributed by atoms with Crippen molar-refractivity contribution < 1.29 is 4.39 Å². The summed E-state index contributed by atoms with van der Waals surface area (Å²) < 4.78 is 13.6. The van der Waals surface area contributed by atoms with Crippen LogP contribution < -0.4 is 5.32 Å². The molecule has 0 aliphatic heterocycles. The third kappa shape index (κ3) is 3.79. The highest BCUT2D eigenvalue weighted by Gasteiger charge is 2.19. The lowest BCUT2D eigenvalue weighted by Crippen LogP contribution is -2.34. The Bertz CT molecular complexity index is 398. The largest absolute Gasteiger partial charge is 0.310 e. The Kier molecular flexibility index (Phi) is 4.98. The molecule has 0 aromatic heterocycles. The van der Waals surface area contributed by atoms with Crippen LogP contribution in [0, 0.1) is 25.6 Å². The maximum Gasteiger partial charge on any atom is 0.129 e. The molecule has 1 N–H and O–H groups in total. The summed E-state index contributed by atoms with van der Waals surface area (Å²) in [6.07, 6.45) is 6.88. The van der Waals surface area contributed by atoms with Gasteiger partial charge in [0.15, 0.2) is 0 Å². The van der Waals surface area contributed by atoms with E-state index >= 15 is 0 Å². The van der Waals surface area contributed by atoms with Gasteiger partial charge in [0.05, 0.1) is 0 Å². The van der Waals surface area contributed by atoms with E-state index in [2.05, 4.69) is 12.2 Å². The van der Waals surface area contributed by atoms with Gasteiger partial charge in [-0.25, -0.2) is 4.39 Å². The predicted octanol–water partition coefficient (Wildman–Crippen LogP) is 4.50. The molecule has 0 heterocycles. The molecule has 0 bridgehead atoms. The van der Waals surface area contributed by atoms with Crippen LogP contribution in [0.15, 0.2) is 12.1 Å². The van der Waals surface area contributed by atoms with Crippen molar-refractivity contribution in [2.75, 3.05) is 0 Å². The molecule has 0 radical (unpaired) electrons. The van der Waals surface area contributed by atoms with Gasteiger partial charge in [0, 0.05) is 12.6 Å². The summed E-state index contributed by atoms with van der Waals surface area (Å²) in [5.41, 5.74) is 2.70. The maximum absolute atomic E-state index is 13.6. The monoisotopic (exact) mass is 263 g/mol. The number of hydrogen-bond acceptors (Lipinski definition) is 1. The zero-order chi connectivity index (χ0) is 13.8. The smallest absolute Gasteiger partial charge is 0.129 e. The van der Waals surface area contributed by atoms with Crippen molar-refractivity contribution in [3.63, 3.8) is 0 Å². The molecule has 1 saturated carbocycles. The fourth-order valence-electron chi connectivity index (χ4n) is 3.22. The van der Waals surface area contributed by atoms with Gasteiger partial charge in [-0.1, -0.05) is 31.4 Å². The summed E-state index contributed by atoms with van der Waals surface area (Å²) in [7, 11) is 0. The van der Waals surface area contributed by atoms with Gasteiger partial charge in [-0.05, 0) is 56.2 Å². The van der Waals surface area contributed by atoms with Gasteiger partial charge in [0.25, 0.3) is 0 Å². The Labute approximate surface area is 116 Å². The molecule has 1 atom stereocenters. The second-order valence-corrected chi connectivity index (χ2v) is 6.11. The van der Waals surface area contributed by atoms with Crippen molar-refractivity contribution in [3.05, 3.63) is 34.6 Å². The maximum atomic E-state index is 13.6. The fraction of sp³-hybridized carbons (Fsp3) is 0.647. The molecule has 1 aromatic rings. The normalized spacial score (nSPS) is 18.5. The van der Waals surface area contributed by atoms with E-state index in [1.54, 1.807) is 0 Å². The van der Waals surface area contributed by atoms with Gasteiger partial charge in [0.1, 0.15) is 5.82 Å². The van der Waals surface area contributed by atoms with E-state index in [1.807, 2.05) is 26.0 Å². The molecule has 0 amide bonds. The van der Waals surface area contributed by atoms with E-state index in [0.29, 0.717) is 6.04 Å². The molecule has 1 aromatic carbocycles. The van der Waals surface area contributed by atoms with E-state index in [4.69, 9.17) is 0 Å². The predicted molar refractivity (Wildman–Crippen MR) is 78.8 cm³/mol. The van der Waals surface area contributed by atoms with E-state index in [1.165, 1.54) is 37.7 Å². The average Bonchev–Trinajstić information content (AvgIpc) is 2.43. The van der Waals surface area contributed by atoms with Crippen LogP contribution in [0.3, 0.4) is 0 Å². The van der Waals surface area contributed by atoms with Crippen LogP contribution in [0.2, 0.25) is 0 Å². The van der Waals surface area contributed by atoms with Crippen LogP contribution in [-0.2, 0) is 6.54 Å². The van der Waals surface area contributed by atoms with E-state index in [0.717, 1.165) is 23.6 Å². The van der Waals surface area contributed by atoms with E-state index < -0.39 is 0 Å². The van der Waals surface area contributed by atoms with Crippen molar-refractivity contribution in [1.29, 1.82) is 0 Å². The first-order valence-corrected chi connectivity index (χ1v) is 7.57. The lowest BCUT2D eigenvalue weighted by atomic mass is 9.84. The Morgan fingerprint density at radius 2 is 1.74 bits per heavy atom. The van der Waals surface area contributed by atoms with Crippen LogP contribution >= 0.6 is 0 Å².